The summed E-state index contributed by atoms with van der Waals surface area (Å²) in [6, 6.07) is 8.86. The number of likely N-dealkylation sites (tertiary alicyclic amines) is 2. The molecule has 9 heteroatoms. The lowest BCUT2D eigenvalue weighted by Gasteiger charge is -2.32. The van der Waals surface area contributed by atoms with Crippen LogP contribution in [0.5, 0.6) is 0 Å². The number of aliphatic imine (C=N–C) groups is 1. The molecule has 3 rings (SSSR count). The highest BCUT2D eigenvalue weighted by Gasteiger charge is 2.22. The van der Waals surface area contributed by atoms with E-state index in [1.807, 2.05) is 4.90 Å². The molecule has 2 aliphatic rings. The molecule has 0 aromatic heterocycles. The number of nitrogens with zero attached hydrogens (tertiary/aromatic N) is 3. The lowest BCUT2D eigenvalue weighted by molar-refractivity contribution is 0.0744. The molecule has 1 aromatic carbocycles. The van der Waals surface area contributed by atoms with Crippen LogP contribution in [0.2, 0.25) is 0 Å². The number of guanidine groups is 1. The van der Waals surface area contributed by atoms with Gasteiger partial charge in [0.05, 0.1) is 12.6 Å². The van der Waals surface area contributed by atoms with Crippen molar-refractivity contribution in [2.24, 2.45) is 4.99 Å². The van der Waals surface area contributed by atoms with E-state index in [-0.39, 0.29) is 42.7 Å². The predicted octanol–water partition coefficient (Wildman–Crippen LogP) is 2.66. The van der Waals surface area contributed by atoms with Crippen LogP contribution in [0.1, 0.15) is 36.8 Å². The van der Waals surface area contributed by atoms with Crippen LogP contribution < -0.4 is 10.6 Å². The molecule has 2 fully saturated rings. The van der Waals surface area contributed by atoms with E-state index in [0.29, 0.717) is 19.6 Å². The van der Waals surface area contributed by atoms with Gasteiger partial charge in [-0.05, 0) is 36.8 Å². The normalized spacial score (nSPS) is 20.0. The van der Waals surface area contributed by atoms with E-state index in [0.717, 1.165) is 51.3 Å². The van der Waals surface area contributed by atoms with Gasteiger partial charge in [-0.1, -0.05) is 24.3 Å². The summed E-state index contributed by atoms with van der Waals surface area (Å²) >= 11 is 0. The molecular weight excluding hydrogens is 515 g/mol. The number of alkyl halides is 2. The summed E-state index contributed by atoms with van der Waals surface area (Å²) in [4.78, 5) is 8.51. The van der Waals surface area contributed by atoms with Gasteiger partial charge in [-0.2, -0.15) is 0 Å². The van der Waals surface area contributed by atoms with Gasteiger partial charge in [0.25, 0.3) is 6.43 Å². The monoisotopic (exact) mass is 551 g/mol. The van der Waals surface area contributed by atoms with E-state index in [4.69, 9.17) is 0 Å². The second kappa shape index (κ2) is 13.5. The molecule has 0 spiro atoms. The molecule has 3 N–H and O–H groups in total. The Morgan fingerprint density at radius 1 is 1.03 bits per heavy atom. The lowest BCUT2D eigenvalue weighted by atomic mass is 10.1. The Morgan fingerprint density at radius 2 is 1.61 bits per heavy atom. The third kappa shape index (κ3) is 9.15. The molecule has 2 aliphatic heterocycles. The van der Waals surface area contributed by atoms with Gasteiger partial charge in [-0.3, -0.25) is 14.8 Å². The Bertz CT molecular complexity index is 660. The molecule has 2 saturated heterocycles. The lowest BCUT2D eigenvalue weighted by Crippen LogP contribution is -2.49. The fraction of sp³-hybridized carbons (Fsp3) is 0.682. The molecule has 0 saturated carbocycles. The number of nitrogens with one attached hydrogen (secondary N) is 2. The maximum absolute atomic E-state index is 12.5. The predicted molar refractivity (Wildman–Crippen MR) is 131 cm³/mol. The second-order valence-electron chi connectivity index (χ2n) is 8.36. The van der Waals surface area contributed by atoms with Gasteiger partial charge in [0.2, 0.25) is 0 Å². The molecule has 2 heterocycles. The number of benzene rings is 1. The number of rotatable bonds is 7. The standard InChI is InChI=1S/C22H35F2N5O.HI/c1-25-22(27-19-6-10-29(11-7-19)16-21(23)24)26-14-17-2-4-18(5-3-17)15-28-12-8-20(30)9-13-28;/h2-5,19-21,30H,6-16H2,1H3,(H2,25,26,27);1H. The fourth-order valence-corrected chi connectivity index (χ4v) is 4.13. The molecule has 0 unspecified atom stereocenters. The first-order valence-corrected chi connectivity index (χ1v) is 11.0. The Kier molecular flexibility index (Phi) is 11.4. The van der Waals surface area contributed by atoms with Gasteiger partial charge in [-0.25, -0.2) is 8.78 Å². The highest BCUT2D eigenvalue weighted by atomic mass is 127. The van der Waals surface area contributed by atoms with Crippen LogP contribution in [0.3, 0.4) is 0 Å². The van der Waals surface area contributed by atoms with E-state index in [1.165, 1.54) is 11.1 Å². The highest BCUT2D eigenvalue weighted by molar-refractivity contribution is 14.0. The third-order valence-corrected chi connectivity index (χ3v) is 5.99. The van der Waals surface area contributed by atoms with Crippen LogP contribution in [0.15, 0.2) is 29.3 Å². The molecular formula is C22H36F2IN5O. The number of halogens is 3. The van der Waals surface area contributed by atoms with Crippen LogP contribution >= 0.6 is 24.0 Å². The molecule has 6 nitrogen and oxygen atoms in total. The number of piperidine rings is 2. The Labute approximate surface area is 201 Å². The van der Waals surface area contributed by atoms with Crippen LogP contribution in [-0.2, 0) is 13.1 Å². The molecule has 0 radical (unpaired) electrons. The largest absolute Gasteiger partial charge is 0.393 e. The summed E-state index contributed by atoms with van der Waals surface area (Å²) < 4.78 is 25.0. The van der Waals surface area contributed by atoms with Crippen molar-refractivity contribution >= 4 is 29.9 Å². The molecule has 176 valence electrons. The summed E-state index contributed by atoms with van der Waals surface area (Å²) in [5.41, 5.74) is 2.47. The maximum Gasteiger partial charge on any atom is 0.251 e. The average Bonchev–Trinajstić information content (AvgIpc) is 2.74. The highest BCUT2D eigenvalue weighted by Crippen LogP contribution is 2.15. The van der Waals surface area contributed by atoms with Gasteiger partial charge in [-0.15, -0.1) is 24.0 Å². The Morgan fingerprint density at radius 3 is 2.19 bits per heavy atom. The minimum absolute atomic E-state index is 0. The molecule has 0 aliphatic carbocycles. The summed E-state index contributed by atoms with van der Waals surface area (Å²) in [6.07, 6.45) is 1.01. The van der Waals surface area contributed by atoms with Crippen molar-refractivity contribution in [3.8, 4) is 0 Å². The van der Waals surface area contributed by atoms with Gasteiger partial charge < -0.3 is 15.7 Å². The minimum Gasteiger partial charge on any atom is -0.393 e. The van der Waals surface area contributed by atoms with Crippen molar-refractivity contribution in [3.63, 3.8) is 0 Å². The van der Waals surface area contributed by atoms with Crippen molar-refractivity contribution in [3.05, 3.63) is 35.4 Å². The Balaban J connectivity index is 0.00000341. The fourth-order valence-electron chi connectivity index (χ4n) is 4.13. The Hall–Kier alpha value is -1.04. The summed E-state index contributed by atoms with van der Waals surface area (Å²) in [7, 11) is 1.75. The smallest absolute Gasteiger partial charge is 0.251 e. The van der Waals surface area contributed by atoms with Crippen molar-refractivity contribution in [1.82, 2.24) is 20.4 Å². The quantitative estimate of drug-likeness (QED) is 0.277. The van der Waals surface area contributed by atoms with Crippen molar-refractivity contribution in [2.45, 2.75) is 57.3 Å². The maximum atomic E-state index is 12.5. The van der Waals surface area contributed by atoms with Gasteiger partial charge in [0, 0.05) is 52.4 Å². The minimum atomic E-state index is -2.26. The van der Waals surface area contributed by atoms with Crippen LogP contribution in [0.25, 0.3) is 0 Å². The number of hydrogen-bond donors (Lipinski definition) is 3. The average molecular weight is 551 g/mol. The van der Waals surface area contributed by atoms with Gasteiger partial charge in [0.1, 0.15) is 0 Å². The first kappa shape index (κ1) is 26.2. The molecule has 1 aromatic rings. The second-order valence-corrected chi connectivity index (χ2v) is 8.36. The molecule has 0 atom stereocenters. The van der Waals surface area contributed by atoms with Crippen molar-refractivity contribution < 1.29 is 13.9 Å². The number of aliphatic hydroxyl groups excluding tert-OH is 1. The van der Waals surface area contributed by atoms with E-state index in [9.17, 15) is 13.9 Å². The van der Waals surface area contributed by atoms with Gasteiger partial charge in [0.15, 0.2) is 5.96 Å². The summed E-state index contributed by atoms with van der Waals surface area (Å²) in [5.74, 6) is 0.748. The molecule has 31 heavy (non-hydrogen) atoms. The zero-order valence-electron chi connectivity index (χ0n) is 18.3. The van der Waals surface area contributed by atoms with Crippen LogP contribution in [0.4, 0.5) is 8.78 Å². The van der Waals surface area contributed by atoms with E-state index < -0.39 is 6.43 Å². The zero-order chi connectivity index (χ0) is 21.3. The van der Waals surface area contributed by atoms with Gasteiger partial charge >= 0.3 is 0 Å². The molecule has 0 amide bonds. The first-order chi connectivity index (χ1) is 14.5. The van der Waals surface area contributed by atoms with E-state index in [1.54, 1.807) is 7.05 Å². The van der Waals surface area contributed by atoms with E-state index >= 15 is 0 Å². The summed E-state index contributed by atoms with van der Waals surface area (Å²) in [5, 5.41) is 16.4. The SMILES string of the molecule is CN=C(NCc1ccc(CN2CCC(O)CC2)cc1)NC1CCN(CC(F)F)CC1.I. The molecule has 0 bridgehead atoms. The van der Waals surface area contributed by atoms with Crippen LogP contribution in [-0.4, -0.2) is 79.2 Å². The topological polar surface area (TPSA) is 63.1 Å². The first-order valence-electron chi connectivity index (χ1n) is 11.0. The van der Waals surface area contributed by atoms with Crippen LogP contribution in [0, 0.1) is 0 Å². The van der Waals surface area contributed by atoms with E-state index in [2.05, 4.69) is 44.8 Å². The zero-order valence-corrected chi connectivity index (χ0v) is 20.6. The van der Waals surface area contributed by atoms with Crippen molar-refractivity contribution in [1.29, 1.82) is 0 Å². The number of aliphatic hydroxyl groups is 1. The summed E-state index contributed by atoms with van der Waals surface area (Å²) in [6.45, 7) is 4.76. The van der Waals surface area contributed by atoms with Crippen molar-refractivity contribution in [2.75, 3.05) is 39.8 Å². The third-order valence-electron chi connectivity index (χ3n) is 5.99. The number of hydrogen-bond acceptors (Lipinski definition) is 4.